The van der Waals surface area contributed by atoms with Gasteiger partial charge in [-0.3, -0.25) is 4.79 Å². The van der Waals surface area contributed by atoms with Crippen molar-refractivity contribution in [1.29, 1.82) is 0 Å². The van der Waals surface area contributed by atoms with Gasteiger partial charge in [0.1, 0.15) is 0 Å². The van der Waals surface area contributed by atoms with Crippen LogP contribution in [0.3, 0.4) is 0 Å². The summed E-state index contributed by atoms with van der Waals surface area (Å²) >= 11 is 18.3. The second-order valence-corrected chi connectivity index (χ2v) is 9.13. The van der Waals surface area contributed by atoms with E-state index in [9.17, 15) is 9.59 Å². The van der Waals surface area contributed by atoms with Crippen molar-refractivity contribution in [2.75, 3.05) is 10.6 Å². The molecule has 3 aromatic carbocycles. The van der Waals surface area contributed by atoms with Crippen LogP contribution in [0.15, 0.2) is 48.5 Å². The Morgan fingerprint density at radius 1 is 0.812 bits per heavy atom. The van der Waals surface area contributed by atoms with Crippen molar-refractivity contribution >= 4 is 68.9 Å². The van der Waals surface area contributed by atoms with Gasteiger partial charge < -0.3 is 16.0 Å². The minimum Gasteiger partial charge on any atom is -0.349 e. The molecule has 0 bridgehead atoms. The summed E-state index contributed by atoms with van der Waals surface area (Å²) in [4.78, 5) is 25.9. The number of hydrogen-bond donors (Lipinski definition) is 3. The zero-order chi connectivity index (χ0) is 22.7. The number of carbonyl (C=O) groups is 2. The fourth-order valence-electron chi connectivity index (χ4n) is 3.97. The molecule has 32 heavy (non-hydrogen) atoms. The average molecular weight is 491 g/mol. The van der Waals surface area contributed by atoms with Crippen molar-refractivity contribution < 1.29 is 9.59 Å². The minimum absolute atomic E-state index is 0.149. The normalized spacial score (nSPS) is 14.2. The van der Waals surface area contributed by atoms with E-state index in [-0.39, 0.29) is 27.7 Å². The molecule has 166 valence electrons. The van der Waals surface area contributed by atoms with Crippen LogP contribution < -0.4 is 16.0 Å². The van der Waals surface area contributed by atoms with Crippen molar-refractivity contribution in [3.8, 4) is 0 Å². The van der Waals surface area contributed by atoms with Gasteiger partial charge in [-0.25, -0.2) is 4.79 Å². The fourth-order valence-corrected chi connectivity index (χ4v) is 4.88. The van der Waals surface area contributed by atoms with E-state index in [2.05, 4.69) is 16.0 Å². The third kappa shape index (κ3) is 5.29. The molecule has 0 aromatic heterocycles. The Hall–Kier alpha value is -2.47. The predicted octanol–water partition coefficient (Wildman–Crippen LogP) is 7.51. The highest BCUT2D eigenvalue weighted by atomic mass is 35.5. The molecule has 3 N–H and O–H groups in total. The molecule has 0 saturated heterocycles. The molecule has 4 rings (SSSR count). The molecule has 0 atom stereocenters. The molecule has 1 saturated carbocycles. The monoisotopic (exact) mass is 489 g/mol. The van der Waals surface area contributed by atoms with Gasteiger partial charge in [-0.05, 0) is 47.9 Å². The molecule has 3 aromatic rings. The number of amides is 3. The highest BCUT2D eigenvalue weighted by molar-refractivity contribution is 6.42. The Morgan fingerprint density at radius 3 is 2.09 bits per heavy atom. The summed E-state index contributed by atoms with van der Waals surface area (Å²) < 4.78 is 0. The van der Waals surface area contributed by atoms with Crippen molar-refractivity contribution in [2.45, 2.75) is 38.1 Å². The van der Waals surface area contributed by atoms with E-state index in [1.165, 1.54) is 18.6 Å². The van der Waals surface area contributed by atoms with E-state index in [1.807, 2.05) is 24.3 Å². The van der Waals surface area contributed by atoms with E-state index >= 15 is 0 Å². The maximum absolute atomic E-state index is 13.1. The largest absolute Gasteiger partial charge is 0.349 e. The molecule has 1 aliphatic rings. The Morgan fingerprint density at radius 2 is 1.44 bits per heavy atom. The second kappa shape index (κ2) is 9.99. The van der Waals surface area contributed by atoms with Crippen molar-refractivity contribution in [1.82, 2.24) is 5.32 Å². The third-order valence-electron chi connectivity index (χ3n) is 5.56. The Kier molecular flexibility index (Phi) is 7.09. The molecular formula is C24H22Cl3N3O2. The number of hydrogen-bond acceptors (Lipinski definition) is 2. The fraction of sp³-hybridized carbons (Fsp3) is 0.250. The van der Waals surface area contributed by atoms with Crippen LogP contribution in [0.2, 0.25) is 15.1 Å². The number of fused-ring (bicyclic) bond motifs is 1. The molecule has 5 nitrogen and oxygen atoms in total. The van der Waals surface area contributed by atoms with E-state index in [0.717, 1.165) is 36.5 Å². The number of rotatable bonds is 4. The van der Waals surface area contributed by atoms with Crippen LogP contribution in [0, 0.1) is 0 Å². The van der Waals surface area contributed by atoms with Gasteiger partial charge in [0, 0.05) is 11.1 Å². The second-order valence-electron chi connectivity index (χ2n) is 7.88. The molecule has 0 radical (unpaired) electrons. The smallest absolute Gasteiger partial charge is 0.323 e. The van der Waals surface area contributed by atoms with Crippen LogP contribution >= 0.6 is 34.8 Å². The maximum Gasteiger partial charge on any atom is 0.323 e. The molecular weight excluding hydrogens is 469 g/mol. The van der Waals surface area contributed by atoms with Gasteiger partial charge in [0.2, 0.25) is 0 Å². The van der Waals surface area contributed by atoms with Crippen LogP contribution in [0.5, 0.6) is 0 Å². The number of halogens is 3. The van der Waals surface area contributed by atoms with E-state index in [0.29, 0.717) is 16.3 Å². The summed E-state index contributed by atoms with van der Waals surface area (Å²) in [7, 11) is 0. The van der Waals surface area contributed by atoms with Crippen LogP contribution in [0.25, 0.3) is 10.8 Å². The van der Waals surface area contributed by atoms with E-state index < -0.39 is 6.03 Å². The molecule has 8 heteroatoms. The summed E-state index contributed by atoms with van der Waals surface area (Å²) in [6, 6.07) is 13.8. The zero-order valence-corrected chi connectivity index (χ0v) is 19.4. The molecule has 3 amide bonds. The molecule has 1 fully saturated rings. The first-order valence-electron chi connectivity index (χ1n) is 10.5. The van der Waals surface area contributed by atoms with Gasteiger partial charge in [-0.2, -0.15) is 0 Å². The molecule has 0 heterocycles. The number of benzene rings is 3. The summed E-state index contributed by atoms with van der Waals surface area (Å²) in [6.45, 7) is 0. The zero-order valence-electron chi connectivity index (χ0n) is 17.2. The van der Waals surface area contributed by atoms with Crippen molar-refractivity contribution in [2.24, 2.45) is 0 Å². The lowest BCUT2D eigenvalue weighted by atomic mass is 9.95. The summed E-state index contributed by atoms with van der Waals surface area (Å²) in [5.74, 6) is -0.208. The number of anilines is 2. The van der Waals surface area contributed by atoms with Crippen LogP contribution in [-0.2, 0) is 0 Å². The number of urea groups is 1. The molecule has 1 aliphatic carbocycles. The first-order chi connectivity index (χ1) is 15.4. The lowest BCUT2D eigenvalue weighted by Crippen LogP contribution is -2.36. The first-order valence-corrected chi connectivity index (χ1v) is 11.6. The topological polar surface area (TPSA) is 70.2 Å². The molecule has 0 aliphatic heterocycles. The Balaban J connectivity index is 1.61. The number of carbonyl (C=O) groups excluding carboxylic acids is 2. The van der Waals surface area contributed by atoms with Gasteiger partial charge in [0.05, 0.1) is 27.0 Å². The SMILES string of the molecule is O=C(Nc1cc2ccccc2cc1C(=O)NC1CCCCC1)Nc1c(Cl)cc(Cl)cc1Cl. The van der Waals surface area contributed by atoms with Crippen LogP contribution in [0.1, 0.15) is 42.5 Å². The summed E-state index contributed by atoms with van der Waals surface area (Å²) in [5, 5.41) is 11.1. The van der Waals surface area contributed by atoms with E-state index in [1.54, 1.807) is 12.1 Å². The standard InChI is InChI=1S/C24H22Cl3N3O2/c25-16-12-19(26)22(20(27)13-16)30-24(32)29-21-11-15-7-5-4-6-14(15)10-18(21)23(31)28-17-8-2-1-3-9-17/h4-7,10-13,17H,1-3,8-9H2,(H,28,31)(H2,29,30,32). The lowest BCUT2D eigenvalue weighted by molar-refractivity contribution is 0.0928. The Labute approximate surface area is 201 Å². The van der Waals surface area contributed by atoms with E-state index in [4.69, 9.17) is 34.8 Å². The van der Waals surface area contributed by atoms with Crippen molar-refractivity contribution in [3.05, 3.63) is 69.2 Å². The summed E-state index contributed by atoms with van der Waals surface area (Å²) in [6.07, 6.45) is 5.36. The average Bonchev–Trinajstić information content (AvgIpc) is 2.76. The van der Waals surface area contributed by atoms with Gasteiger partial charge in [0.15, 0.2) is 0 Å². The van der Waals surface area contributed by atoms with Crippen LogP contribution in [-0.4, -0.2) is 18.0 Å². The van der Waals surface area contributed by atoms with Gasteiger partial charge in [-0.15, -0.1) is 0 Å². The quantitative estimate of drug-likeness (QED) is 0.354. The highest BCUT2D eigenvalue weighted by Crippen LogP contribution is 2.34. The predicted molar refractivity (Wildman–Crippen MR) is 132 cm³/mol. The molecule has 0 spiro atoms. The van der Waals surface area contributed by atoms with Gasteiger partial charge in [-0.1, -0.05) is 78.3 Å². The lowest BCUT2D eigenvalue weighted by Gasteiger charge is -2.23. The van der Waals surface area contributed by atoms with Gasteiger partial charge in [0.25, 0.3) is 5.91 Å². The van der Waals surface area contributed by atoms with Crippen molar-refractivity contribution in [3.63, 3.8) is 0 Å². The Bertz CT molecular complexity index is 1150. The highest BCUT2D eigenvalue weighted by Gasteiger charge is 2.21. The summed E-state index contributed by atoms with van der Waals surface area (Å²) in [5.41, 5.74) is 1.04. The first kappa shape index (κ1) is 22.7. The number of nitrogens with one attached hydrogen (secondary N) is 3. The third-order valence-corrected chi connectivity index (χ3v) is 6.38. The van der Waals surface area contributed by atoms with Gasteiger partial charge >= 0.3 is 6.03 Å². The maximum atomic E-state index is 13.1. The minimum atomic E-state index is -0.571. The van der Waals surface area contributed by atoms with Crippen LogP contribution in [0.4, 0.5) is 16.2 Å². The molecule has 0 unspecified atom stereocenters.